The van der Waals surface area contributed by atoms with Gasteiger partial charge in [0.1, 0.15) is 5.78 Å². The van der Waals surface area contributed by atoms with E-state index in [9.17, 15) is 4.79 Å². The molecule has 0 bridgehead atoms. The summed E-state index contributed by atoms with van der Waals surface area (Å²) in [6.45, 7) is 1.44. The van der Waals surface area contributed by atoms with Gasteiger partial charge >= 0.3 is 0 Å². The van der Waals surface area contributed by atoms with Crippen molar-refractivity contribution in [3.8, 4) is 0 Å². The fourth-order valence-corrected chi connectivity index (χ4v) is 2.37. The van der Waals surface area contributed by atoms with Gasteiger partial charge in [-0.05, 0) is 23.8 Å². The van der Waals surface area contributed by atoms with Crippen LogP contribution in [0.2, 0.25) is 10.0 Å². The number of hydrogen-bond acceptors (Lipinski definition) is 2. The number of hydrogen-bond donors (Lipinski definition) is 1. The van der Waals surface area contributed by atoms with Crippen LogP contribution in [0.25, 0.3) is 0 Å². The number of Topliss-reactive ketones (excluding diaryl/α,β-unsaturated/α-hetero) is 1. The van der Waals surface area contributed by atoms with Crippen LogP contribution in [0.3, 0.4) is 0 Å². The molecule has 1 aromatic carbocycles. The Bertz CT molecular complexity index is 372. The standard InChI is InChI=1S/C11H11Cl2NO/c12-8-3-7(4-9(13)5-8)10-6-14-2-1-11(10)15/h3-5,10,14H,1-2,6H2. The third-order valence-electron chi connectivity index (χ3n) is 2.57. The summed E-state index contributed by atoms with van der Waals surface area (Å²) in [5.41, 5.74) is 0.907. The molecule has 0 aromatic heterocycles. The van der Waals surface area contributed by atoms with Gasteiger partial charge in [-0.2, -0.15) is 0 Å². The first-order valence-electron chi connectivity index (χ1n) is 4.86. The SMILES string of the molecule is O=C1CCNCC1c1cc(Cl)cc(Cl)c1. The minimum Gasteiger partial charge on any atom is -0.315 e. The molecule has 1 unspecified atom stereocenters. The summed E-state index contributed by atoms with van der Waals surface area (Å²) in [4.78, 5) is 11.7. The van der Waals surface area contributed by atoms with E-state index < -0.39 is 0 Å². The van der Waals surface area contributed by atoms with E-state index >= 15 is 0 Å². The van der Waals surface area contributed by atoms with Crippen molar-refractivity contribution in [3.63, 3.8) is 0 Å². The highest BCUT2D eigenvalue weighted by Crippen LogP contribution is 2.26. The number of nitrogens with one attached hydrogen (secondary N) is 1. The molecule has 0 spiro atoms. The van der Waals surface area contributed by atoms with Gasteiger partial charge in [-0.15, -0.1) is 0 Å². The topological polar surface area (TPSA) is 29.1 Å². The summed E-state index contributed by atoms with van der Waals surface area (Å²) in [6, 6.07) is 5.29. The fourth-order valence-electron chi connectivity index (χ4n) is 1.83. The Balaban J connectivity index is 2.31. The lowest BCUT2D eigenvalue weighted by Crippen LogP contribution is -2.35. The predicted octanol–water partition coefficient (Wildman–Crippen LogP) is 2.64. The van der Waals surface area contributed by atoms with Gasteiger partial charge in [0.05, 0.1) is 5.92 Å². The Morgan fingerprint density at radius 3 is 2.47 bits per heavy atom. The number of ketones is 1. The summed E-state index contributed by atoms with van der Waals surface area (Å²) >= 11 is 11.8. The number of rotatable bonds is 1. The molecule has 1 heterocycles. The molecule has 1 aliphatic heterocycles. The van der Waals surface area contributed by atoms with E-state index in [2.05, 4.69) is 5.32 Å². The Morgan fingerprint density at radius 1 is 1.20 bits per heavy atom. The van der Waals surface area contributed by atoms with Gasteiger partial charge < -0.3 is 5.32 Å². The summed E-state index contributed by atoms with van der Waals surface area (Å²) in [5.74, 6) is 0.155. The maximum Gasteiger partial charge on any atom is 0.142 e. The average Bonchev–Trinajstić information content (AvgIpc) is 2.16. The predicted molar refractivity (Wildman–Crippen MR) is 61.7 cm³/mol. The van der Waals surface area contributed by atoms with Crippen molar-refractivity contribution in [2.45, 2.75) is 12.3 Å². The number of carbonyl (C=O) groups is 1. The monoisotopic (exact) mass is 243 g/mol. The molecule has 1 N–H and O–H groups in total. The highest BCUT2D eigenvalue weighted by molar-refractivity contribution is 6.34. The second-order valence-corrected chi connectivity index (χ2v) is 4.55. The Morgan fingerprint density at radius 2 is 1.87 bits per heavy atom. The minimum absolute atomic E-state index is 0.102. The van der Waals surface area contributed by atoms with Crippen LogP contribution in [0, 0.1) is 0 Å². The number of piperidine rings is 1. The molecule has 2 rings (SSSR count). The maximum absolute atomic E-state index is 11.7. The molecular formula is C11H11Cl2NO. The van der Waals surface area contributed by atoms with Crippen LogP contribution in [-0.4, -0.2) is 18.9 Å². The van der Waals surface area contributed by atoms with Crippen molar-refractivity contribution in [1.29, 1.82) is 0 Å². The molecule has 0 radical (unpaired) electrons. The van der Waals surface area contributed by atoms with Crippen LogP contribution in [0.4, 0.5) is 0 Å². The molecule has 2 nitrogen and oxygen atoms in total. The van der Waals surface area contributed by atoms with Crippen LogP contribution in [0.1, 0.15) is 17.9 Å². The van der Waals surface area contributed by atoms with Crippen LogP contribution >= 0.6 is 23.2 Å². The van der Waals surface area contributed by atoms with Gasteiger partial charge in [-0.25, -0.2) is 0 Å². The molecule has 4 heteroatoms. The first-order valence-corrected chi connectivity index (χ1v) is 5.62. The first kappa shape index (κ1) is 10.9. The summed E-state index contributed by atoms with van der Waals surface area (Å²) in [6.07, 6.45) is 0.578. The molecule has 1 atom stereocenters. The van der Waals surface area contributed by atoms with Crippen molar-refractivity contribution in [2.24, 2.45) is 0 Å². The number of halogens is 2. The Hall–Kier alpha value is -0.570. The van der Waals surface area contributed by atoms with Crippen molar-refractivity contribution in [2.75, 3.05) is 13.1 Å². The normalized spacial score (nSPS) is 21.7. The highest BCUT2D eigenvalue weighted by Gasteiger charge is 2.23. The van der Waals surface area contributed by atoms with Gasteiger partial charge in [-0.3, -0.25) is 4.79 Å². The zero-order valence-electron chi connectivity index (χ0n) is 8.09. The molecule has 15 heavy (non-hydrogen) atoms. The first-order chi connectivity index (χ1) is 7.16. The summed E-state index contributed by atoms with van der Waals surface area (Å²) in [5, 5.41) is 4.35. The van der Waals surface area contributed by atoms with E-state index in [1.54, 1.807) is 6.07 Å². The fraction of sp³-hybridized carbons (Fsp3) is 0.364. The minimum atomic E-state index is -0.102. The number of benzene rings is 1. The molecule has 0 aliphatic carbocycles. The van der Waals surface area contributed by atoms with Gasteiger partial charge in [0.15, 0.2) is 0 Å². The molecule has 1 saturated heterocycles. The number of carbonyl (C=O) groups excluding carboxylic acids is 1. The third kappa shape index (κ3) is 2.51. The quantitative estimate of drug-likeness (QED) is 0.822. The zero-order valence-corrected chi connectivity index (χ0v) is 9.61. The lowest BCUT2D eigenvalue weighted by molar-refractivity contribution is -0.121. The molecule has 80 valence electrons. The van der Waals surface area contributed by atoms with E-state index in [-0.39, 0.29) is 11.7 Å². The maximum atomic E-state index is 11.7. The summed E-state index contributed by atoms with van der Waals surface area (Å²) in [7, 11) is 0. The molecule has 1 aromatic rings. The average molecular weight is 244 g/mol. The van der Waals surface area contributed by atoms with Gasteiger partial charge in [0.2, 0.25) is 0 Å². The van der Waals surface area contributed by atoms with E-state index in [0.717, 1.165) is 12.1 Å². The highest BCUT2D eigenvalue weighted by atomic mass is 35.5. The lowest BCUT2D eigenvalue weighted by atomic mass is 9.90. The molecule has 0 saturated carbocycles. The summed E-state index contributed by atoms with van der Waals surface area (Å²) < 4.78 is 0. The van der Waals surface area contributed by atoms with E-state index in [4.69, 9.17) is 23.2 Å². The van der Waals surface area contributed by atoms with Gasteiger partial charge in [-0.1, -0.05) is 23.2 Å². The largest absolute Gasteiger partial charge is 0.315 e. The van der Waals surface area contributed by atoms with Crippen molar-refractivity contribution >= 4 is 29.0 Å². The van der Waals surface area contributed by atoms with Crippen LogP contribution in [0.5, 0.6) is 0 Å². The zero-order chi connectivity index (χ0) is 10.8. The van der Waals surface area contributed by atoms with E-state index in [1.165, 1.54) is 0 Å². The van der Waals surface area contributed by atoms with E-state index in [0.29, 0.717) is 23.0 Å². The second kappa shape index (κ2) is 4.52. The Kier molecular flexibility index (Phi) is 3.29. The molecule has 0 amide bonds. The molecule has 1 fully saturated rings. The second-order valence-electron chi connectivity index (χ2n) is 3.68. The van der Waals surface area contributed by atoms with E-state index in [1.807, 2.05) is 12.1 Å². The van der Waals surface area contributed by atoms with Crippen LogP contribution < -0.4 is 5.32 Å². The lowest BCUT2D eigenvalue weighted by Gasteiger charge is -2.22. The molecule has 1 aliphatic rings. The van der Waals surface area contributed by atoms with Gasteiger partial charge in [0, 0.05) is 29.6 Å². The third-order valence-corrected chi connectivity index (χ3v) is 3.01. The smallest absolute Gasteiger partial charge is 0.142 e. The van der Waals surface area contributed by atoms with Crippen molar-refractivity contribution in [1.82, 2.24) is 5.32 Å². The van der Waals surface area contributed by atoms with Crippen LogP contribution in [-0.2, 0) is 4.79 Å². The van der Waals surface area contributed by atoms with Crippen molar-refractivity contribution in [3.05, 3.63) is 33.8 Å². The molecular weight excluding hydrogens is 233 g/mol. The Labute approximate surface area is 98.6 Å². The van der Waals surface area contributed by atoms with Gasteiger partial charge in [0.25, 0.3) is 0 Å². The van der Waals surface area contributed by atoms with Crippen LogP contribution in [0.15, 0.2) is 18.2 Å². The van der Waals surface area contributed by atoms with Crippen molar-refractivity contribution < 1.29 is 4.79 Å².